The van der Waals surface area contributed by atoms with Crippen LogP contribution in [0.1, 0.15) is 35.5 Å². The Balaban J connectivity index is 1.42. The molecule has 0 aliphatic carbocycles. The highest BCUT2D eigenvalue weighted by molar-refractivity contribution is 5.78. The Labute approximate surface area is 226 Å². The van der Waals surface area contributed by atoms with Crippen molar-refractivity contribution < 1.29 is 33.3 Å². The molecule has 1 amide bonds. The van der Waals surface area contributed by atoms with Crippen molar-refractivity contribution >= 4 is 12.1 Å². The summed E-state index contributed by atoms with van der Waals surface area (Å²) in [5.41, 5.74) is 3.45. The number of methoxy groups -OCH3 is 1. The van der Waals surface area contributed by atoms with Gasteiger partial charge in [0.15, 0.2) is 0 Å². The van der Waals surface area contributed by atoms with Crippen LogP contribution in [0.15, 0.2) is 77.2 Å². The molecule has 4 rings (SSSR count). The van der Waals surface area contributed by atoms with Crippen molar-refractivity contribution in [2.24, 2.45) is 0 Å². The molecule has 1 atom stereocenters. The molecule has 202 valence electrons. The number of hydrogen-bond acceptors (Lipinski definition) is 7. The molecule has 4 aromatic rings. The molecule has 1 aromatic heterocycles. The van der Waals surface area contributed by atoms with Crippen LogP contribution in [0.4, 0.5) is 4.79 Å². The minimum atomic E-state index is -1.16. The molecule has 0 unspecified atom stereocenters. The first-order chi connectivity index (χ1) is 18.7. The van der Waals surface area contributed by atoms with Crippen LogP contribution in [0.5, 0.6) is 17.2 Å². The fraction of sp³-hybridized carbons (Fsp3) is 0.233. The number of rotatable bonds is 10. The van der Waals surface area contributed by atoms with Crippen LogP contribution in [0, 0.1) is 13.8 Å². The highest BCUT2D eigenvalue weighted by atomic mass is 16.6. The number of hydrogen-bond donors (Lipinski definition) is 1. The van der Waals surface area contributed by atoms with E-state index in [0.717, 1.165) is 16.0 Å². The van der Waals surface area contributed by atoms with Gasteiger partial charge in [-0.2, -0.15) is 0 Å². The number of carboxylic acids is 1. The first-order valence-corrected chi connectivity index (χ1v) is 12.3. The topological polar surface area (TPSA) is 111 Å². The van der Waals surface area contributed by atoms with Crippen LogP contribution in [0.25, 0.3) is 11.5 Å². The van der Waals surface area contributed by atoms with Gasteiger partial charge in [0.2, 0.25) is 5.89 Å². The Morgan fingerprint density at radius 2 is 1.67 bits per heavy atom. The third kappa shape index (κ3) is 6.95. The lowest BCUT2D eigenvalue weighted by Crippen LogP contribution is -2.39. The summed E-state index contributed by atoms with van der Waals surface area (Å²) < 4.78 is 22.3. The summed E-state index contributed by atoms with van der Waals surface area (Å²) in [6.45, 7) is 5.28. The highest BCUT2D eigenvalue weighted by Crippen LogP contribution is 2.27. The van der Waals surface area contributed by atoms with Crippen LogP contribution in [0.3, 0.4) is 0 Å². The van der Waals surface area contributed by atoms with E-state index in [0.29, 0.717) is 34.4 Å². The lowest BCUT2D eigenvalue weighted by atomic mass is 10.1. The van der Waals surface area contributed by atoms with Gasteiger partial charge in [-0.1, -0.05) is 35.9 Å². The molecule has 0 aliphatic rings. The van der Waals surface area contributed by atoms with Crippen LogP contribution in [-0.2, 0) is 11.4 Å². The molecule has 0 saturated heterocycles. The van der Waals surface area contributed by atoms with Gasteiger partial charge in [0.05, 0.1) is 13.2 Å². The second-order valence-corrected chi connectivity index (χ2v) is 8.99. The summed E-state index contributed by atoms with van der Waals surface area (Å²) >= 11 is 0. The molecule has 0 radical (unpaired) electrons. The van der Waals surface area contributed by atoms with Crippen molar-refractivity contribution in [1.29, 1.82) is 0 Å². The van der Waals surface area contributed by atoms with E-state index < -0.39 is 24.6 Å². The maximum atomic E-state index is 12.9. The van der Waals surface area contributed by atoms with Gasteiger partial charge >= 0.3 is 12.1 Å². The molecule has 0 bridgehead atoms. The zero-order valence-electron chi connectivity index (χ0n) is 22.2. The van der Waals surface area contributed by atoms with E-state index in [4.69, 9.17) is 18.6 Å². The first-order valence-electron chi connectivity index (χ1n) is 12.3. The van der Waals surface area contributed by atoms with Gasteiger partial charge in [0.1, 0.15) is 41.9 Å². The van der Waals surface area contributed by atoms with E-state index in [1.807, 2.05) is 38.1 Å². The molecule has 1 heterocycles. The fourth-order valence-corrected chi connectivity index (χ4v) is 3.89. The zero-order valence-corrected chi connectivity index (χ0v) is 22.2. The van der Waals surface area contributed by atoms with E-state index in [1.54, 1.807) is 55.5 Å². The van der Waals surface area contributed by atoms with Gasteiger partial charge in [-0.15, -0.1) is 0 Å². The van der Waals surface area contributed by atoms with E-state index in [1.165, 1.54) is 7.11 Å². The number of aliphatic carboxylic acids is 1. The molecule has 0 fully saturated rings. The highest BCUT2D eigenvalue weighted by Gasteiger charge is 2.26. The van der Waals surface area contributed by atoms with E-state index >= 15 is 0 Å². The molecular formula is C30H30N2O7. The van der Waals surface area contributed by atoms with Gasteiger partial charge in [0, 0.05) is 11.6 Å². The van der Waals surface area contributed by atoms with Crippen LogP contribution >= 0.6 is 0 Å². The largest absolute Gasteiger partial charge is 0.497 e. The molecule has 0 spiro atoms. The third-order valence-electron chi connectivity index (χ3n) is 6.18. The molecule has 39 heavy (non-hydrogen) atoms. The average molecular weight is 531 g/mol. The van der Waals surface area contributed by atoms with Gasteiger partial charge < -0.3 is 23.7 Å². The first kappa shape index (κ1) is 27.3. The normalized spacial score (nSPS) is 11.5. The number of carboxylic acid groups (broad SMARTS) is 1. The molecule has 3 aromatic carbocycles. The number of carbonyl (C=O) groups is 2. The number of oxazole rings is 1. The summed E-state index contributed by atoms with van der Waals surface area (Å²) in [5.74, 6) is 1.41. The third-order valence-corrected chi connectivity index (χ3v) is 6.18. The Morgan fingerprint density at radius 3 is 2.33 bits per heavy atom. The standard InChI is InChI=1S/C30H30N2O7/c1-19-8-10-23(11-9-19)29-31-27(21(3)38-29)18-37-24-14-12-22(13-15-24)20(2)32(17-28(33)34)30(35)39-26-7-5-6-25(16-26)36-4/h5-16,20H,17-18H2,1-4H3,(H,33,34)/t20-/m0/s1. The van der Waals surface area contributed by atoms with Crippen molar-refractivity contribution in [3.05, 3.63) is 95.4 Å². The SMILES string of the molecule is COc1cccc(OC(=O)N(CC(=O)O)[C@@H](C)c2ccc(OCc3nc(-c4ccc(C)cc4)oc3C)cc2)c1. The predicted molar refractivity (Wildman–Crippen MR) is 144 cm³/mol. The van der Waals surface area contributed by atoms with Crippen molar-refractivity contribution in [1.82, 2.24) is 9.88 Å². The summed E-state index contributed by atoms with van der Waals surface area (Å²) in [5, 5.41) is 9.41. The smallest absolute Gasteiger partial charge is 0.416 e. The second-order valence-electron chi connectivity index (χ2n) is 8.99. The molecule has 0 aliphatic heterocycles. The molecule has 0 saturated carbocycles. The maximum Gasteiger partial charge on any atom is 0.416 e. The number of benzene rings is 3. The van der Waals surface area contributed by atoms with Crippen LogP contribution in [0.2, 0.25) is 0 Å². The van der Waals surface area contributed by atoms with Gasteiger partial charge in [0.25, 0.3) is 0 Å². The predicted octanol–water partition coefficient (Wildman–Crippen LogP) is 6.19. The number of nitrogens with zero attached hydrogens (tertiary/aromatic N) is 2. The Kier molecular flexibility index (Phi) is 8.50. The van der Waals surface area contributed by atoms with Crippen molar-refractivity contribution in [3.8, 4) is 28.7 Å². The van der Waals surface area contributed by atoms with Crippen molar-refractivity contribution in [2.45, 2.75) is 33.4 Å². The summed E-state index contributed by atoms with van der Waals surface area (Å²) in [6, 6.07) is 21.0. The number of aromatic nitrogens is 1. The number of amides is 1. The van der Waals surface area contributed by atoms with E-state index in [-0.39, 0.29) is 12.4 Å². The zero-order chi connectivity index (χ0) is 27.9. The monoisotopic (exact) mass is 530 g/mol. The molecule has 9 nitrogen and oxygen atoms in total. The Bertz CT molecular complexity index is 1430. The second kappa shape index (κ2) is 12.2. The van der Waals surface area contributed by atoms with Gasteiger partial charge in [-0.05, 0) is 62.7 Å². The lowest BCUT2D eigenvalue weighted by Gasteiger charge is -2.27. The minimum absolute atomic E-state index is 0.216. The van der Waals surface area contributed by atoms with Crippen LogP contribution in [-0.4, -0.2) is 40.7 Å². The summed E-state index contributed by atoms with van der Waals surface area (Å²) in [6.07, 6.45) is -0.788. The molecule has 9 heteroatoms. The lowest BCUT2D eigenvalue weighted by molar-refractivity contribution is -0.138. The maximum absolute atomic E-state index is 12.9. The van der Waals surface area contributed by atoms with Gasteiger partial charge in [-0.3, -0.25) is 9.69 Å². The fourth-order valence-electron chi connectivity index (χ4n) is 3.89. The Morgan fingerprint density at radius 1 is 0.974 bits per heavy atom. The minimum Gasteiger partial charge on any atom is -0.497 e. The molecule has 1 N–H and O–H groups in total. The van der Waals surface area contributed by atoms with E-state index in [2.05, 4.69) is 4.98 Å². The number of ether oxygens (including phenoxy) is 3. The quantitative estimate of drug-likeness (QED) is 0.258. The van der Waals surface area contributed by atoms with Crippen molar-refractivity contribution in [2.75, 3.05) is 13.7 Å². The van der Waals surface area contributed by atoms with Gasteiger partial charge in [-0.25, -0.2) is 9.78 Å². The average Bonchev–Trinajstić information content (AvgIpc) is 3.31. The summed E-state index contributed by atoms with van der Waals surface area (Å²) in [4.78, 5) is 30.1. The Hall–Kier alpha value is -4.79. The van der Waals surface area contributed by atoms with Crippen molar-refractivity contribution in [3.63, 3.8) is 0 Å². The van der Waals surface area contributed by atoms with E-state index in [9.17, 15) is 14.7 Å². The summed E-state index contributed by atoms with van der Waals surface area (Å²) in [7, 11) is 1.50. The van der Waals surface area contributed by atoms with Crippen LogP contribution < -0.4 is 14.2 Å². The number of aryl methyl sites for hydroxylation is 2. The molecular weight excluding hydrogens is 500 g/mol. The number of carbonyl (C=O) groups excluding carboxylic acids is 1.